The molecule has 0 saturated carbocycles. The molecule has 0 aromatic carbocycles. The van der Waals surface area contributed by atoms with Crippen molar-refractivity contribution in [3.8, 4) is 0 Å². The summed E-state index contributed by atoms with van der Waals surface area (Å²) in [5.74, 6) is -0.268. The fourth-order valence-corrected chi connectivity index (χ4v) is 1.95. The maximum absolute atomic E-state index is 11.7. The number of halogens is 3. The quantitative estimate of drug-likeness (QED) is 0.650. The molecule has 0 unspecified atom stereocenters. The zero-order valence-electron chi connectivity index (χ0n) is 8.05. The molecule has 2 N–H and O–H groups in total. The Bertz CT molecular complexity index is 263. The molecule has 4 nitrogen and oxygen atoms in total. The molecule has 0 aliphatic heterocycles. The van der Waals surface area contributed by atoms with Crippen LogP contribution in [-0.4, -0.2) is 38.6 Å². The molecule has 0 aromatic heterocycles. The standard InChI is InChI=1S/C7H14F3NO3S/c8-7(9,10)3-1-4-11-15(13,14)6-2-5-12/h11-12H,1-6H2. The van der Waals surface area contributed by atoms with E-state index in [0.717, 1.165) is 0 Å². The molecule has 0 amide bonds. The summed E-state index contributed by atoms with van der Waals surface area (Å²) in [6, 6.07) is 0. The van der Waals surface area contributed by atoms with E-state index in [9.17, 15) is 21.6 Å². The molecule has 0 aliphatic rings. The van der Waals surface area contributed by atoms with Crippen LogP contribution in [0.4, 0.5) is 13.2 Å². The predicted molar refractivity (Wildman–Crippen MR) is 48.8 cm³/mol. The fourth-order valence-electron chi connectivity index (χ4n) is 0.843. The zero-order chi connectivity index (χ0) is 11.9. The molecule has 0 fully saturated rings. The van der Waals surface area contributed by atoms with Gasteiger partial charge in [0.25, 0.3) is 0 Å². The van der Waals surface area contributed by atoms with E-state index < -0.39 is 22.6 Å². The molecule has 0 aliphatic carbocycles. The van der Waals surface area contributed by atoms with Gasteiger partial charge in [0.1, 0.15) is 0 Å². The summed E-state index contributed by atoms with van der Waals surface area (Å²) in [7, 11) is -3.54. The van der Waals surface area contributed by atoms with E-state index in [0.29, 0.717) is 0 Å². The van der Waals surface area contributed by atoms with Gasteiger partial charge in [-0.25, -0.2) is 13.1 Å². The van der Waals surface area contributed by atoms with Gasteiger partial charge < -0.3 is 5.11 Å². The highest BCUT2D eigenvalue weighted by molar-refractivity contribution is 7.89. The van der Waals surface area contributed by atoms with Crippen LogP contribution in [0.3, 0.4) is 0 Å². The second-order valence-corrected chi connectivity index (χ2v) is 4.94. The Balaban J connectivity index is 3.67. The van der Waals surface area contributed by atoms with Gasteiger partial charge in [0.15, 0.2) is 0 Å². The van der Waals surface area contributed by atoms with Crippen LogP contribution in [0.25, 0.3) is 0 Å². The van der Waals surface area contributed by atoms with E-state index in [-0.39, 0.29) is 31.7 Å². The van der Waals surface area contributed by atoms with Gasteiger partial charge in [0.05, 0.1) is 5.75 Å². The number of sulfonamides is 1. The van der Waals surface area contributed by atoms with Gasteiger partial charge in [0.2, 0.25) is 10.0 Å². The summed E-state index contributed by atoms with van der Waals surface area (Å²) in [4.78, 5) is 0. The molecular formula is C7H14F3NO3S. The first-order chi connectivity index (χ1) is 6.77. The van der Waals surface area contributed by atoms with Crippen molar-refractivity contribution in [2.24, 2.45) is 0 Å². The highest BCUT2D eigenvalue weighted by Gasteiger charge is 2.26. The van der Waals surface area contributed by atoms with Crippen LogP contribution in [-0.2, 0) is 10.0 Å². The normalized spacial score (nSPS) is 13.1. The molecule has 0 aromatic rings. The van der Waals surface area contributed by atoms with Gasteiger partial charge >= 0.3 is 6.18 Å². The number of aliphatic hydroxyl groups excluding tert-OH is 1. The zero-order valence-corrected chi connectivity index (χ0v) is 8.86. The maximum atomic E-state index is 11.7. The molecule has 8 heteroatoms. The monoisotopic (exact) mass is 249 g/mol. The molecule has 0 heterocycles. The van der Waals surface area contributed by atoms with E-state index in [1.54, 1.807) is 0 Å². The smallest absolute Gasteiger partial charge is 0.389 e. The average Bonchev–Trinajstić information content (AvgIpc) is 2.08. The largest absolute Gasteiger partial charge is 0.396 e. The molecule has 0 rings (SSSR count). The number of aliphatic hydroxyl groups is 1. The van der Waals surface area contributed by atoms with Crippen LogP contribution in [0, 0.1) is 0 Å². The fraction of sp³-hybridized carbons (Fsp3) is 1.00. The third-order valence-electron chi connectivity index (χ3n) is 1.53. The number of nitrogens with one attached hydrogen (secondary N) is 1. The van der Waals surface area contributed by atoms with Gasteiger partial charge in [-0.05, 0) is 12.8 Å². The van der Waals surface area contributed by atoms with Gasteiger partial charge in [-0.2, -0.15) is 13.2 Å². The van der Waals surface area contributed by atoms with Crippen molar-refractivity contribution in [3.05, 3.63) is 0 Å². The number of hydrogen-bond acceptors (Lipinski definition) is 3. The lowest BCUT2D eigenvalue weighted by atomic mass is 10.3. The Morgan fingerprint density at radius 2 is 1.80 bits per heavy atom. The first-order valence-corrected chi connectivity index (χ1v) is 6.07. The van der Waals surface area contributed by atoms with Gasteiger partial charge in [-0.15, -0.1) is 0 Å². The highest BCUT2D eigenvalue weighted by Crippen LogP contribution is 2.20. The van der Waals surface area contributed by atoms with Crippen LogP contribution in [0.15, 0.2) is 0 Å². The van der Waals surface area contributed by atoms with Crippen LogP contribution in [0.2, 0.25) is 0 Å². The van der Waals surface area contributed by atoms with Crippen molar-refractivity contribution in [2.75, 3.05) is 18.9 Å². The van der Waals surface area contributed by atoms with Gasteiger partial charge in [0, 0.05) is 19.6 Å². The Morgan fingerprint density at radius 1 is 1.20 bits per heavy atom. The third-order valence-corrected chi connectivity index (χ3v) is 3.00. The molecule has 0 bridgehead atoms. The molecule has 0 radical (unpaired) electrons. The van der Waals surface area contributed by atoms with Crippen LogP contribution >= 0.6 is 0 Å². The van der Waals surface area contributed by atoms with Crippen molar-refractivity contribution in [1.29, 1.82) is 0 Å². The lowest BCUT2D eigenvalue weighted by molar-refractivity contribution is -0.135. The number of hydrogen-bond donors (Lipinski definition) is 2. The van der Waals surface area contributed by atoms with E-state index >= 15 is 0 Å². The average molecular weight is 249 g/mol. The van der Waals surface area contributed by atoms with Crippen LogP contribution in [0.5, 0.6) is 0 Å². The number of alkyl halides is 3. The Labute approximate surface area is 86.5 Å². The summed E-state index contributed by atoms with van der Waals surface area (Å²) in [5, 5.41) is 8.37. The minimum Gasteiger partial charge on any atom is -0.396 e. The number of rotatable bonds is 7. The minimum atomic E-state index is -4.25. The summed E-state index contributed by atoms with van der Waals surface area (Å²) < 4.78 is 59.1. The highest BCUT2D eigenvalue weighted by atomic mass is 32.2. The first-order valence-electron chi connectivity index (χ1n) is 4.42. The molecule has 92 valence electrons. The SMILES string of the molecule is O=S(=O)(CCCO)NCCCC(F)(F)F. The molecule has 15 heavy (non-hydrogen) atoms. The van der Waals surface area contributed by atoms with Crippen molar-refractivity contribution >= 4 is 10.0 Å². The second-order valence-electron chi connectivity index (χ2n) is 3.01. The van der Waals surface area contributed by atoms with E-state index in [2.05, 4.69) is 0 Å². The Kier molecular flexibility index (Phi) is 6.15. The minimum absolute atomic E-state index is 0.0780. The summed E-state index contributed by atoms with van der Waals surface area (Å²) in [6.07, 6.45) is -5.46. The van der Waals surface area contributed by atoms with Crippen molar-refractivity contribution in [2.45, 2.75) is 25.4 Å². The Hall–Kier alpha value is -0.340. The lowest BCUT2D eigenvalue weighted by Crippen LogP contribution is -2.28. The summed E-state index contributed by atoms with van der Waals surface area (Å²) in [6.45, 7) is -0.489. The van der Waals surface area contributed by atoms with Crippen molar-refractivity contribution in [1.82, 2.24) is 4.72 Å². The molecular weight excluding hydrogens is 235 g/mol. The van der Waals surface area contributed by atoms with Gasteiger partial charge in [-0.1, -0.05) is 0 Å². The molecule has 0 saturated heterocycles. The van der Waals surface area contributed by atoms with Crippen LogP contribution in [0.1, 0.15) is 19.3 Å². The predicted octanol–water partition coefficient (Wildman–Crippen LogP) is 0.631. The first kappa shape index (κ1) is 14.7. The van der Waals surface area contributed by atoms with E-state index in [1.807, 2.05) is 4.72 Å². The lowest BCUT2D eigenvalue weighted by Gasteiger charge is -2.07. The Morgan fingerprint density at radius 3 is 2.27 bits per heavy atom. The van der Waals surface area contributed by atoms with E-state index in [4.69, 9.17) is 5.11 Å². The van der Waals surface area contributed by atoms with Crippen molar-refractivity contribution < 1.29 is 26.7 Å². The third kappa shape index (κ3) is 9.95. The summed E-state index contributed by atoms with van der Waals surface area (Å²) >= 11 is 0. The molecule has 0 atom stereocenters. The van der Waals surface area contributed by atoms with E-state index in [1.165, 1.54) is 0 Å². The van der Waals surface area contributed by atoms with Crippen LogP contribution < -0.4 is 4.72 Å². The van der Waals surface area contributed by atoms with Crippen molar-refractivity contribution in [3.63, 3.8) is 0 Å². The molecule has 0 spiro atoms. The van der Waals surface area contributed by atoms with Gasteiger partial charge in [-0.3, -0.25) is 0 Å². The second kappa shape index (κ2) is 6.29. The maximum Gasteiger partial charge on any atom is 0.389 e. The topological polar surface area (TPSA) is 66.4 Å². The summed E-state index contributed by atoms with van der Waals surface area (Å²) in [5.41, 5.74) is 0.